The van der Waals surface area contributed by atoms with Crippen molar-refractivity contribution in [2.24, 2.45) is 0 Å². The van der Waals surface area contributed by atoms with Gasteiger partial charge in [-0.2, -0.15) is 13.2 Å². The Kier molecular flexibility index (Phi) is 7.78. The standard InChI is InChI=1S/C28H24F3N5O3S/c1-39-23-12-5-3-10-21(23)26(38)32-16-24-33-34-27(36(24)20-9-6-8-19(15-20)28(29,30)31)40-17-25(37)35-14-13-18-7-2-4-11-22(18)35/h2-12,15H,13-14,16-17H2,1H3,(H,32,38). The minimum absolute atomic E-state index is 0.000990. The lowest BCUT2D eigenvalue weighted by molar-refractivity contribution is -0.137. The minimum atomic E-state index is -4.56. The van der Waals surface area contributed by atoms with E-state index in [1.54, 1.807) is 29.2 Å². The number of amides is 2. The number of carbonyl (C=O) groups excluding carboxylic acids is 2. The lowest BCUT2D eigenvalue weighted by Crippen LogP contribution is -2.30. The number of hydrogen-bond acceptors (Lipinski definition) is 6. The Morgan fingerprint density at radius 3 is 2.60 bits per heavy atom. The van der Waals surface area contributed by atoms with Crippen molar-refractivity contribution in [1.82, 2.24) is 20.1 Å². The van der Waals surface area contributed by atoms with E-state index in [0.717, 1.165) is 41.6 Å². The van der Waals surface area contributed by atoms with Crippen LogP contribution in [0.25, 0.3) is 5.69 Å². The molecule has 0 unspecified atom stereocenters. The summed E-state index contributed by atoms with van der Waals surface area (Å²) >= 11 is 1.07. The van der Waals surface area contributed by atoms with Gasteiger partial charge in [-0.3, -0.25) is 14.2 Å². The predicted octanol–water partition coefficient (Wildman–Crippen LogP) is 4.91. The van der Waals surface area contributed by atoms with E-state index in [-0.39, 0.29) is 34.9 Å². The maximum absolute atomic E-state index is 13.5. The third-order valence-electron chi connectivity index (χ3n) is 6.40. The molecule has 0 spiro atoms. The van der Waals surface area contributed by atoms with E-state index < -0.39 is 17.6 Å². The molecule has 4 aromatic rings. The summed E-state index contributed by atoms with van der Waals surface area (Å²) in [5.41, 5.74) is 1.54. The number of carbonyl (C=O) groups is 2. The lowest BCUT2D eigenvalue weighted by Gasteiger charge is -2.17. The van der Waals surface area contributed by atoms with E-state index in [1.807, 2.05) is 24.3 Å². The van der Waals surface area contributed by atoms with Crippen molar-refractivity contribution in [1.29, 1.82) is 0 Å². The fraction of sp³-hybridized carbons (Fsp3) is 0.214. The molecule has 0 radical (unpaired) electrons. The number of aromatic nitrogens is 3. The summed E-state index contributed by atoms with van der Waals surface area (Å²) < 4.78 is 47.2. The first-order chi connectivity index (χ1) is 19.3. The van der Waals surface area contributed by atoms with E-state index in [2.05, 4.69) is 15.5 Å². The number of nitrogens with zero attached hydrogens (tertiary/aromatic N) is 4. The van der Waals surface area contributed by atoms with E-state index in [1.165, 1.54) is 23.8 Å². The topological polar surface area (TPSA) is 89.3 Å². The van der Waals surface area contributed by atoms with Crippen LogP contribution in [0.2, 0.25) is 0 Å². The summed E-state index contributed by atoms with van der Waals surface area (Å²) in [5, 5.41) is 11.3. The van der Waals surface area contributed by atoms with Gasteiger partial charge in [-0.1, -0.05) is 48.2 Å². The number of thioether (sulfide) groups is 1. The van der Waals surface area contributed by atoms with Gasteiger partial charge in [0.1, 0.15) is 5.75 Å². The Morgan fingerprint density at radius 1 is 1.02 bits per heavy atom. The average molecular weight is 568 g/mol. The number of para-hydroxylation sites is 2. The summed E-state index contributed by atoms with van der Waals surface area (Å²) in [6.45, 7) is 0.424. The Labute approximate surface area is 232 Å². The van der Waals surface area contributed by atoms with Crippen molar-refractivity contribution >= 4 is 29.3 Å². The first-order valence-corrected chi connectivity index (χ1v) is 13.3. The van der Waals surface area contributed by atoms with Gasteiger partial charge in [0.15, 0.2) is 11.0 Å². The van der Waals surface area contributed by atoms with Crippen LogP contribution in [0, 0.1) is 0 Å². The Hall–Kier alpha value is -4.32. The zero-order valence-corrected chi connectivity index (χ0v) is 22.1. The Balaban J connectivity index is 1.40. The minimum Gasteiger partial charge on any atom is -0.496 e. The number of methoxy groups -OCH3 is 1. The zero-order chi connectivity index (χ0) is 28.3. The van der Waals surface area contributed by atoms with Gasteiger partial charge in [-0.25, -0.2) is 0 Å². The number of ether oxygens (including phenoxy) is 1. The van der Waals surface area contributed by atoms with Crippen LogP contribution in [-0.2, 0) is 23.9 Å². The van der Waals surface area contributed by atoms with E-state index in [4.69, 9.17) is 4.74 Å². The molecule has 3 aromatic carbocycles. The molecule has 0 bridgehead atoms. The normalized spacial score (nSPS) is 12.8. The number of anilines is 1. The van der Waals surface area contributed by atoms with Crippen molar-refractivity contribution in [3.8, 4) is 11.4 Å². The van der Waals surface area contributed by atoms with Gasteiger partial charge in [0.25, 0.3) is 5.91 Å². The van der Waals surface area contributed by atoms with Crippen molar-refractivity contribution in [3.05, 3.63) is 95.3 Å². The third-order valence-corrected chi connectivity index (χ3v) is 7.32. The molecule has 1 N–H and O–H groups in total. The summed E-state index contributed by atoms with van der Waals surface area (Å²) in [7, 11) is 1.45. The van der Waals surface area contributed by atoms with Crippen LogP contribution in [0.1, 0.15) is 27.3 Å². The van der Waals surface area contributed by atoms with Crippen LogP contribution in [0.5, 0.6) is 5.75 Å². The highest BCUT2D eigenvalue weighted by atomic mass is 32.2. The number of benzene rings is 3. The fourth-order valence-corrected chi connectivity index (χ4v) is 5.32. The second-order valence-corrected chi connectivity index (χ2v) is 9.82. The summed E-state index contributed by atoms with van der Waals surface area (Å²) in [6.07, 6.45) is -3.81. The molecule has 206 valence electrons. The molecule has 0 atom stereocenters. The maximum atomic E-state index is 13.5. The summed E-state index contributed by atoms with van der Waals surface area (Å²) in [5.74, 6) is -0.0340. The molecule has 12 heteroatoms. The second kappa shape index (κ2) is 11.4. The van der Waals surface area contributed by atoms with E-state index in [9.17, 15) is 22.8 Å². The predicted molar refractivity (Wildman–Crippen MR) is 144 cm³/mol. The van der Waals surface area contributed by atoms with Crippen LogP contribution in [0.15, 0.2) is 78.0 Å². The highest BCUT2D eigenvalue weighted by Gasteiger charge is 2.31. The molecule has 1 aliphatic rings. The monoisotopic (exact) mass is 567 g/mol. The molecule has 40 heavy (non-hydrogen) atoms. The van der Waals surface area contributed by atoms with E-state index >= 15 is 0 Å². The van der Waals surface area contributed by atoms with Gasteiger partial charge in [-0.05, 0) is 48.4 Å². The van der Waals surface area contributed by atoms with Gasteiger partial charge in [0, 0.05) is 12.2 Å². The fourth-order valence-electron chi connectivity index (χ4n) is 4.48. The molecule has 5 rings (SSSR count). The summed E-state index contributed by atoms with van der Waals surface area (Å²) in [4.78, 5) is 27.6. The van der Waals surface area contributed by atoms with E-state index in [0.29, 0.717) is 17.9 Å². The Bertz CT molecular complexity index is 1560. The quantitative estimate of drug-likeness (QED) is 0.305. The van der Waals surface area contributed by atoms with Crippen molar-refractivity contribution < 1.29 is 27.5 Å². The van der Waals surface area contributed by atoms with Gasteiger partial charge >= 0.3 is 6.18 Å². The molecule has 2 heterocycles. The molecule has 1 aromatic heterocycles. The molecule has 8 nitrogen and oxygen atoms in total. The second-order valence-electron chi connectivity index (χ2n) is 8.88. The molecule has 0 fully saturated rings. The molecule has 0 saturated carbocycles. The SMILES string of the molecule is COc1ccccc1C(=O)NCc1nnc(SCC(=O)N2CCc3ccccc32)n1-c1cccc(C(F)(F)F)c1. The molecular formula is C28H24F3N5O3S. The first-order valence-electron chi connectivity index (χ1n) is 12.3. The molecule has 2 amide bonds. The van der Waals surface area contributed by atoms with Gasteiger partial charge < -0.3 is 15.0 Å². The Morgan fingerprint density at radius 2 is 1.80 bits per heavy atom. The number of nitrogens with one attached hydrogen (secondary N) is 1. The largest absolute Gasteiger partial charge is 0.496 e. The number of alkyl halides is 3. The zero-order valence-electron chi connectivity index (χ0n) is 21.3. The van der Waals surface area contributed by atoms with Crippen molar-refractivity contribution in [2.45, 2.75) is 24.3 Å². The van der Waals surface area contributed by atoms with Gasteiger partial charge in [-0.15, -0.1) is 10.2 Å². The molecule has 1 aliphatic heterocycles. The van der Waals surface area contributed by atoms with Gasteiger partial charge in [0.2, 0.25) is 5.91 Å². The molecule has 0 aliphatic carbocycles. The molecule has 0 saturated heterocycles. The number of halogens is 3. The van der Waals surface area contributed by atoms with Crippen LogP contribution >= 0.6 is 11.8 Å². The third kappa shape index (κ3) is 5.67. The smallest absolute Gasteiger partial charge is 0.416 e. The highest BCUT2D eigenvalue weighted by Crippen LogP contribution is 2.33. The molecular weight excluding hydrogens is 543 g/mol. The van der Waals surface area contributed by atoms with Crippen molar-refractivity contribution in [2.75, 3.05) is 24.3 Å². The van der Waals surface area contributed by atoms with Crippen LogP contribution in [0.4, 0.5) is 18.9 Å². The maximum Gasteiger partial charge on any atom is 0.416 e. The van der Waals surface area contributed by atoms with Crippen LogP contribution in [-0.4, -0.2) is 46.0 Å². The van der Waals surface area contributed by atoms with Gasteiger partial charge in [0.05, 0.1) is 36.2 Å². The summed E-state index contributed by atoms with van der Waals surface area (Å²) in [6, 6.07) is 19.0. The van der Waals surface area contributed by atoms with Crippen LogP contribution in [0.3, 0.4) is 0 Å². The van der Waals surface area contributed by atoms with Crippen molar-refractivity contribution in [3.63, 3.8) is 0 Å². The number of fused-ring (bicyclic) bond motifs is 1. The average Bonchev–Trinajstić information content (AvgIpc) is 3.58. The number of hydrogen-bond donors (Lipinski definition) is 1. The highest BCUT2D eigenvalue weighted by molar-refractivity contribution is 7.99. The first kappa shape index (κ1) is 27.3. The number of rotatable bonds is 8. The lowest BCUT2D eigenvalue weighted by atomic mass is 10.2. The van der Waals surface area contributed by atoms with Crippen LogP contribution < -0.4 is 15.0 Å².